The van der Waals surface area contributed by atoms with E-state index in [-0.39, 0.29) is 0 Å². The Hall–Kier alpha value is -5.93. The van der Waals surface area contributed by atoms with Gasteiger partial charge in [0, 0.05) is 68.2 Å². The number of para-hydroxylation sites is 1. The van der Waals surface area contributed by atoms with Crippen molar-refractivity contribution in [2.24, 2.45) is 0 Å². The summed E-state index contributed by atoms with van der Waals surface area (Å²) in [5.74, 6) is 0. The van der Waals surface area contributed by atoms with Crippen molar-refractivity contribution in [2.45, 2.75) is 0 Å². The zero-order chi connectivity index (χ0) is 31.8. The molecule has 7 aromatic carbocycles. The van der Waals surface area contributed by atoms with Gasteiger partial charge in [0.25, 0.3) is 0 Å². The number of nitrogens with zero attached hydrogens (tertiary/aromatic N) is 3. The van der Waals surface area contributed by atoms with Gasteiger partial charge >= 0.3 is 0 Å². The van der Waals surface area contributed by atoms with Gasteiger partial charge in [0.1, 0.15) is 0 Å². The number of hydrogen-bond acceptors (Lipinski definition) is 4. The predicted molar refractivity (Wildman–Crippen MR) is 206 cm³/mol. The summed E-state index contributed by atoms with van der Waals surface area (Å²) in [5, 5.41) is 17.1. The molecule has 0 bridgehead atoms. The fourth-order valence-electron chi connectivity index (χ4n) is 7.28. The molecule has 48 heavy (non-hydrogen) atoms. The van der Waals surface area contributed by atoms with E-state index in [4.69, 9.17) is 0 Å². The molecule has 0 saturated heterocycles. The van der Waals surface area contributed by atoms with E-state index in [1.165, 1.54) is 51.1 Å². The lowest BCUT2D eigenvalue weighted by Gasteiger charge is -2.26. The van der Waals surface area contributed by atoms with Gasteiger partial charge in [-0.1, -0.05) is 60.7 Å². The maximum Gasteiger partial charge on any atom is 0.0991 e. The topological polar surface area (TPSA) is 32.0 Å². The number of fused-ring (bicyclic) bond motifs is 9. The molecule has 0 spiro atoms. The summed E-state index contributed by atoms with van der Waals surface area (Å²) in [6.07, 6.45) is 0. The van der Waals surface area contributed by atoms with Crippen LogP contribution in [0.5, 0.6) is 0 Å². The molecule has 0 aliphatic rings. The molecule has 3 heterocycles. The van der Waals surface area contributed by atoms with Crippen molar-refractivity contribution in [3.05, 3.63) is 157 Å². The van der Waals surface area contributed by atoms with Crippen LogP contribution in [0.2, 0.25) is 0 Å². The fourth-order valence-corrected chi connectivity index (χ4v) is 9.46. The first-order valence-corrected chi connectivity index (χ1v) is 17.5. The zero-order valence-electron chi connectivity index (χ0n) is 25.6. The van der Waals surface area contributed by atoms with E-state index >= 15 is 0 Å². The monoisotopic (exact) mass is 647 g/mol. The van der Waals surface area contributed by atoms with Gasteiger partial charge in [-0.2, -0.15) is 5.26 Å². The first-order chi connectivity index (χ1) is 23.7. The van der Waals surface area contributed by atoms with Crippen molar-refractivity contribution in [3.63, 3.8) is 0 Å². The number of aromatic nitrogens is 1. The maximum absolute atomic E-state index is 9.61. The Labute approximate surface area is 284 Å². The Bertz CT molecular complexity index is 2920. The molecule has 0 radical (unpaired) electrons. The molecule has 0 fully saturated rings. The Morgan fingerprint density at radius 3 is 1.79 bits per heavy atom. The molecule has 0 aliphatic carbocycles. The molecule has 0 saturated carbocycles. The molecular weight excluding hydrogens is 623 g/mol. The van der Waals surface area contributed by atoms with Gasteiger partial charge in [-0.05, 0) is 91.0 Å². The molecule has 0 aliphatic heterocycles. The molecule has 0 N–H and O–H groups in total. The van der Waals surface area contributed by atoms with Crippen LogP contribution in [-0.2, 0) is 0 Å². The van der Waals surface area contributed by atoms with Crippen molar-refractivity contribution >= 4 is 102 Å². The lowest BCUT2D eigenvalue weighted by molar-refractivity contribution is 1.19. The summed E-state index contributed by atoms with van der Waals surface area (Å²) < 4.78 is 7.57. The third-order valence-corrected chi connectivity index (χ3v) is 11.7. The molecular formula is C43H25N3S2. The van der Waals surface area contributed by atoms with Crippen LogP contribution < -0.4 is 4.90 Å². The van der Waals surface area contributed by atoms with Crippen molar-refractivity contribution in [1.29, 1.82) is 5.26 Å². The van der Waals surface area contributed by atoms with Crippen LogP contribution in [0.4, 0.5) is 17.1 Å². The van der Waals surface area contributed by atoms with E-state index in [0.717, 1.165) is 33.8 Å². The number of benzene rings is 7. The van der Waals surface area contributed by atoms with Crippen molar-refractivity contribution in [3.8, 4) is 11.8 Å². The minimum absolute atomic E-state index is 0.643. The van der Waals surface area contributed by atoms with Gasteiger partial charge in [-0.15, -0.1) is 22.7 Å². The molecule has 3 nitrogen and oxygen atoms in total. The predicted octanol–water partition coefficient (Wildman–Crippen LogP) is 12.9. The second-order valence-electron chi connectivity index (χ2n) is 12.1. The Morgan fingerprint density at radius 1 is 0.479 bits per heavy atom. The van der Waals surface area contributed by atoms with Crippen molar-refractivity contribution < 1.29 is 0 Å². The average Bonchev–Trinajstić information content (AvgIpc) is 3.81. The molecule has 10 aromatic rings. The van der Waals surface area contributed by atoms with E-state index in [2.05, 4.69) is 155 Å². The number of anilines is 3. The van der Waals surface area contributed by atoms with Gasteiger partial charge in [0.05, 0.1) is 28.4 Å². The highest BCUT2D eigenvalue weighted by Gasteiger charge is 2.22. The summed E-state index contributed by atoms with van der Waals surface area (Å²) in [7, 11) is 0. The minimum Gasteiger partial charge on any atom is -0.310 e. The van der Waals surface area contributed by atoms with Gasteiger partial charge in [-0.25, -0.2) is 0 Å². The molecule has 0 amide bonds. The van der Waals surface area contributed by atoms with Crippen LogP contribution in [0, 0.1) is 11.3 Å². The van der Waals surface area contributed by atoms with Crippen LogP contribution in [0.3, 0.4) is 0 Å². The van der Waals surface area contributed by atoms with Crippen LogP contribution in [0.15, 0.2) is 152 Å². The molecule has 5 heteroatoms. The van der Waals surface area contributed by atoms with E-state index in [0.29, 0.717) is 5.56 Å². The third-order valence-electron chi connectivity index (χ3n) is 9.41. The SMILES string of the molecule is N#Cc1ccc(N(c2ccc3sc4ccccc4c3c2)c2cccc3c2c2ccccc2n3-c2ccc3sc4ccccc4c3c2)cc1. The highest BCUT2D eigenvalue weighted by Crippen LogP contribution is 2.46. The smallest absolute Gasteiger partial charge is 0.0991 e. The van der Waals surface area contributed by atoms with Crippen LogP contribution in [0.1, 0.15) is 5.56 Å². The average molecular weight is 648 g/mol. The summed E-state index contributed by atoms with van der Waals surface area (Å²) >= 11 is 3.67. The Balaban J connectivity index is 1.26. The number of rotatable bonds is 4. The van der Waals surface area contributed by atoms with Gasteiger partial charge in [0.15, 0.2) is 0 Å². The molecule has 0 unspecified atom stereocenters. The second-order valence-corrected chi connectivity index (χ2v) is 14.2. The van der Waals surface area contributed by atoms with E-state index in [9.17, 15) is 5.26 Å². The van der Waals surface area contributed by atoms with E-state index in [1.54, 1.807) is 0 Å². The fraction of sp³-hybridized carbons (Fsp3) is 0. The largest absolute Gasteiger partial charge is 0.310 e. The Morgan fingerprint density at radius 2 is 1.06 bits per heavy atom. The highest BCUT2D eigenvalue weighted by molar-refractivity contribution is 7.26. The van der Waals surface area contributed by atoms with Crippen molar-refractivity contribution in [2.75, 3.05) is 4.90 Å². The third kappa shape index (κ3) is 4.04. The molecule has 3 aromatic heterocycles. The Kier molecular flexibility index (Phi) is 5.98. The second kappa shape index (κ2) is 10.5. The quantitative estimate of drug-likeness (QED) is 0.190. The normalized spacial score (nSPS) is 11.7. The molecule has 0 atom stereocenters. The standard InChI is InChI=1S/C43H25N3S2/c44-26-27-16-18-28(19-17-27)45(29-20-22-41-34(24-29)31-8-2-5-14-39(31)47-41)37-12-7-13-38-43(37)33-10-1-4-11-36(33)46(38)30-21-23-42-35(25-30)32-9-3-6-15-40(32)48-42/h1-25H. The first kappa shape index (κ1) is 27.2. The number of hydrogen-bond donors (Lipinski definition) is 0. The molecule has 224 valence electrons. The number of thiophene rings is 2. The lowest BCUT2D eigenvalue weighted by atomic mass is 10.1. The minimum atomic E-state index is 0.643. The number of nitriles is 1. The van der Waals surface area contributed by atoms with Crippen molar-refractivity contribution in [1.82, 2.24) is 4.57 Å². The summed E-state index contributed by atoms with van der Waals surface area (Å²) in [6, 6.07) is 56.6. The van der Waals surface area contributed by atoms with Gasteiger partial charge in [0.2, 0.25) is 0 Å². The van der Waals surface area contributed by atoms with E-state index < -0.39 is 0 Å². The summed E-state index contributed by atoms with van der Waals surface area (Å²) in [4.78, 5) is 2.35. The summed E-state index contributed by atoms with van der Waals surface area (Å²) in [6.45, 7) is 0. The maximum atomic E-state index is 9.61. The first-order valence-electron chi connectivity index (χ1n) is 15.9. The van der Waals surface area contributed by atoms with Gasteiger partial charge in [-0.3, -0.25) is 0 Å². The zero-order valence-corrected chi connectivity index (χ0v) is 27.2. The van der Waals surface area contributed by atoms with Crippen LogP contribution in [-0.4, -0.2) is 4.57 Å². The molecule has 10 rings (SSSR count). The van der Waals surface area contributed by atoms with Crippen LogP contribution in [0.25, 0.3) is 67.8 Å². The summed E-state index contributed by atoms with van der Waals surface area (Å²) in [5.41, 5.74) is 7.27. The van der Waals surface area contributed by atoms with Crippen LogP contribution >= 0.6 is 22.7 Å². The van der Waals surface area contributed by atoms with Gasteiger partial charge < -0.3 is 9.47 Å². The van der Waals surface area contributed by atoms with E-state index in [1.807, 2.05) is 34.8 Å². The highest BCUT2D eigenvalue weighted by atomic mass is 32.1. The lowest BCUT2D eigenvalue weighted by Crippen LogP contribution is -2.10.